The molecule has 0 saturated heterocycles. The van der Waals surface area contributed by atoms with Gasteiger partial charge in [0.15, 0.2) is 11.6 Å². The molecule has 1 rings (SSSR count). The predicted octanol–water partition coefficient (Wildman–Crippen LogP) is 4.05. The molecule has 0 radical (unpaired) electrons. The molecule has 1 aromatic carbocycles. The Balaban J connectivity index is 2.58. The second kappa shape index (κ2) is 9.10. The molecule has 1 unspecified atom stereocenters. The molecule has 0 saturated carbocycles. The number of unbranched alkanes of at least 4 members (excludes halogenated alkanes) is 3. The van der Waals surface area contributed by atoms with Crippen molar-refractivity contribution in [3.63, 3.8) is 0 Å². The van der Waals surface area contributed by atoms with Crippen molar-refractivity contribution < 1.29 is 18.3 Å². The number of ether oxygens (including phenoxy) is 1. The summed E-state index contributed by atoms with van der Waals surface area (Å²) in [5.41, 5.74) is 0.357. The second-order valence-corrected chi connectivity index (χ2v) is 4.78. The molecule has 0 fully saturated rings. The summed E-state index contributed by atoms with van der Waals surface area (Å²) in [4.78, 5) is 11.7. The molecule has 0 spiro atoms. The molecule has 0 heterocycles. The summed E-state index contributed by atoms with van der Waals surface area (Å²) in [6, 6.07) is 2.88. The van der Waals surface area contributed by atoms with E-state index in [4.69, 9.17) is 4.74 Å². The topological polar surface area (TPSA) is 38.3 Å². The number of hydrogen-bond donors (Lipinski definition) is 1. The third kappa shape index (κ3) is 5.94. The summed E-state index contributed by atoms with van der Waals surface area (Å²) in [5, 5.41) is 2.89. The van der Waals surface area contributed by atoms with Crippen molar-refractivity contribution in [1.82, 2.24) is 0 Å². The van der Waals surface area contributed by atoms with E-state index in [2.05, 4.69) is 11.9 Å². The molecule has 21 heavy (non-hydrogen) atoms. The van der Waals surface area contributed by atoms with Crippen LogP contribution in [0.15, 0.2) is 30.9 Å². The standard InChI is InChI=1S/C16H21F2NO2/c1-3-4-5-6-7-8-15(16(20)21-2)19-12-9-10-13(17)14(18)11-12/h3,9-11,15,19H,1,4-8H2,2H3. The summed E-state index contributed by atoms with van der Waals surface area (Å²) >= 11 is 0. The lowest BCUT2D eigenvalue weighted by Gasteiger charge is -2.17. The molecule has 5 heteroatoms. The van der Waals surface area contributed by atoms with Gasteiger partial charge >= 0.3 is 5.97 Å². The molecular weight excluding hydrogens is 276 g/mol. The van der Waals surface area contributed by atoms with Crippen LogP contribution in [-0.2, 0) is 9.53 Å². The predicted molar refractivity (Wildman–Crippen MR) is 79.1 cm³/mol. The molecule has 1 aromatic rings. The number of rotatable bonds is 9. The number of carbonyl (C=O) groups excluding carboxylic acids is 1. The van der Waals surface area contributed by atoms with E-state index in [9.17, 15) is 13.6 Å². The first-order valence-corrected chi connectivity index (χ1v) is 6.98. The van der Waals surface area contributed by atoms with E-state index in [0.717, 1.165) is 37.8 Å². The Morgan fingerprint density at radius 1 is 1.33 bits per heavy atom. The van der Waals surface area contributed by atoms with Gasteiger partial charge in [-0.05, 0) is 31.4 Å². The molecule has 116 valence electrons. The summed E-state index contributed by atoms with van der Waals surface area (Å²) in [6.45, 7) is 3.65. The highest BCUT2D eigenvalue weighted by atomic mass is 19.2. The lowest BCUT2D eigenvalue weighted by Crippen LogP contribution is -2.30. The van der Waals surface area contributed by atoms with Crippen LogP contribution in [0.4, 0.5) is 14.5 Å². The van der Waals surface area contributed by atoms with Crippen molar-refractivity contribution in [2.24, 2.45) is 0 Å². The molecule has 1 atom stereocenters. The zero-order valence-corrected chi connectivity index (χ0v) is 12.2. The number of hydrogen-bond acceptors (Lipinski definition) is 3. The first-order chi connectivity index (χ1) is 10.1. The van der Waals surface area contributed by atoms with Gasteiger partial charge in [-0.3, -0.25) is 0 Å². The van der Waals surface area contributed by atoms with Crippen LogP contribution in [0.5, 0.6) is 0 Å². The lowest BCUT2D eigenvalue weighted by atomic mass is 10.1. The van der Waals surface area contributed by atoms with E-state index < -0.39 is 23.6 Å². The van der Waals surface area contributed by atoms with E-state index in [1.165, 1.54) is 13.2 Å². The number of carbonyl (C=O) groups is 1. The zero-order valence-electron chi connectivity index (χ0n) is 12.2. The molecule has 0 amide bonds. The number of nitrogens with one attached hydrogen (secondary N) is 1. The molecule has 1 N–H and O–H groups in total. The first-order valence-electron chi connectivity index (χ1n) is 6.98. The van der Waals surface area contributed by atoms with Crippen molar-refractivity contribution in [2.45, 2.75) is 38.1 Å². The Kier molecular flexibility index (Phi) is 7.43. The van der Waals surface area contributed by atoms with Crippen molar-refractivity contribution in [1.29, 1.82) is 0 Å². The quantitative estimate of drug-likeness (QED) is 0.424. The van der Waals surface area contributed by atoms with Crippen LogP contribution in [-0.4, -0.2) is 19.1 Å². The van der Waals surface area contributed by atoms with Gasteiger partial charge in [-0.1, -0.05) is 18.9 Å². The number of anilines is 1. The highest BCUT2D eigenvalue weighted by Crippen LogP contribution is 2.17. The summed E-state index contributed by atoms with van der Waals surface area (Å²) in [6.07, 6.45) is 6.20. The Bertz CT molecular complexity index is 477. The number of methoxy groups -OCH3 is 1. The third-order valence-electron chi connectivity index (χ3n) is 3.15. The fraction of sp³-hybridized carbons (Fsp3) is 0.438. The van der Waals surface area contributed by atoms with Gasteiger partial charge in [0.1, 0.15) is 6.04 Å². The fourth-order valence-corrected chi connectivity index (χ4v) is 1.99. The Labute approximate surface area is 124 Å². The molecular formula is C16H21F2NO2. The van der Waals surface area contributed by atoms with Crippen LogP contribution in [0, 0.1) is 11.6 Å². The lowest BCUT2D eigenvalue weighted by molar-refractivity contribution is -0.141. The largest absolute Gasteiger partial charge is 0.467 e. The fourth-order valence-electron chi connectivity index (χ4n) is 1.99. The number of benzene rings is 1. The van der Waals surface area contributed by atoms with Crippen molar-refractivity contribution >= 4 is 11.7 Å². The Morgan fingerprint density at radius 2 is 2.10 bits per heavy atom. The molecule has 0 bridgehead atoms. The first kappa shape index (κ1) is 17.1. The normalized spacial score (nSPS) is 11.8. The van der Waals surface area contributed by atoms with Crippen molar-refractivity contribution in [3.05, 3.63) is 42.5 Å². The molecule has 0 aliphatic heterocycles. The van der Waals surface area contributed by atoms with Gasteiger partial charge in [0, 0.05) is 11.8 Å². The van der Waals surface area contributed by atoms with Gasteiger partial charge in [0.2, 0.25) is 0 Å². The Morgan fingerprint density at radius 3 is 2.71 bits per heavy atom. The van der Waals surface area contributed by atoms with Crippen LogP contribution in [0.3, 0.4) is 0 Å². The smallest absolute Gasteiger partial charge is 0.328 e. The van der Waals surface area contributed by atoms with Gasteiger partial charge in [0.05, 0.1) is 7.11 Å². The van der Waals surface area contributed by atoms with E-state index in [0.29, 0.717) is 12.1 Å². The van der Waals surface area contributed by atoms with Gasteiger partial charge in [0.25, 0.3) is 0 Å². The van der Waals surface area contributed by atoms with E-state index in [-0.39, 0.29) is 0 Å². The average molecular weight is 297 g/mol. The van der Waals surface area contributed by atoms with Crippen LogP contribution >= 0.6 is 0 Å². The average Bonchev–Trinajstić information content (AvgIpc) is 2.48. The minimum absolute atomic E-state index is 0.357. The maximum Gasteiger partial charge on any atom is 0.328 e. The second-order valence-electron chi connectivity index (χ2n) is 4.78. The van der Waals surface area contributed by atoms with Gasteiger partial charge in [-0.25, -0.2) is 13.6 Å². The summed E-state index contributed by atoms with van der Waals surface area (Å²) in [7, 11) is 1.31. The van der Waals surface area contributed by atoms with Crippen molar-refractivity contribution in [3.8, 4) is 0 Å². The SMILES string of the molecule is C=CCCCCCC(Nc1ccc(F)c(F)c1)C(=O)OC. The van der Waals surface area contributed by atoms with Gasteiger partial charge in [-0.15, -0.1) is 6.58 Å². The minimum atomic E-state index is -0.949. The van der Waals surface area contributed by atoms with Crippen LogP contribution in [0.25, 0.3) is 0 Å². The molecule has 3 nitrogen and oxygen atoms in total. The third-order valence-corrected chi connectivity index (χ3v) is 3.15. The maximum absolute atomic E-state index is 13.2. The summed E-state index contributed by atoms with van der Waals surface area (Å²) < 4.78 is 30.8. The number of esters is 1. The van der Waals surface area contributed by atoms with Crippen LogP contribution in [0.1, 0.15) is 32.1 Å². The van der Waals surface area contributed by atoms with E-state index in [1.807, 2.05) is 6.08 Å². The highest BCUT2D eigenvalue weighted by molar-refractivity contribution is 5.79. The molecule has 0 aliphatic carbocycles. The highest BCUT2D eigenvalue weighted by Gasteiger charge is 2.19. The minimum Gasteiger partial charge on any atom is -0.467 e. The zero-order chi connectivity index (χ0) is 15.7. The monoisotopic (exact) mass is 297 g/mol. The Hall–Kier alpha value is -1.91. The van der Waals surface area contributed by atoms with Gasteiger partial charge in [-0.2, -0.15) is 0 Å². The van der Waals surface area contributed by atoms with Gasteiger partial charge < -0.3 is 10.1 Å². The number of allylic oxidation sites excluding steroid dienone is 1. The number of halogens is 2. The van der Waals surface area contributed by atoms with Crippen molar-refractivity contribution in [2.75, 3.05) is 12.4 Å². The molecule has 0 aliphatic rings. The van der Waals surface area contributed by atoms with E-state index in [1.54, 1.807) is 0 Å². The van der Waals surface area contributed by atoms with Crippen LogP contribution in [0.2, 0.25) is 0 Å². The van der Waals surface area contributed by atoms with E-state index >= 15 is 0 Å². The summed E-state index contributed by atoms with van der Waals surface area (Å²) in [5.74, 6) is -2.28. The van der Waals surface area contributed by atoms with Crippen LogP contribution < -0.4 is 5.32 Å². The molecule has 0 aromatic heterocycles. The maximum atomic E-state index is 13.2.